The van der Waals surface area contributed by atoms with Crippen LogP contribution >= 0.6 is 11.6 Å². The van der Waals surface area contributed by atoms with Crippen LogP contribution in [0.4, 0.5) is 13.2 Å². The van der Waals surface area contributed by atoms with E-state index in [1.165, 1.54) is 25.3 Å². The van der Waals surface area contributed by atoms with Crippen LogP contribution in [0.25, 0.3) is 11.3 Å². The number of benzene rings is 1. The molecule has 3 aromatic rings. The minimum atomic E-state index is -4.88. The molecule has 0 saturated heterocycles. The van der Waals surface area contributed by atoms with Crippen molar-refractivity contribution in [1.82, 2.24) is 24.3 Å². The van der Waals surface area contributed by atoms with Gasteiger partial charge in [-0.3, -0.25) is 14.2 Å². The Morgan fingerprint density at radius 2 is 1.90 bits per heavy atom. The molecule has 8 nitrogen and oxygen atoms in total. The molecule has 2 aromatic heterocycles. The summed E-state index contributed by atoms with van der Waals surface area (Å²) >= 11 is 5.85. The molecule has 0 aliphatic rings. The summed E-state index contributed by atoms with van der Waals surface area (Å²) in [6.45, 7) is 0.363. The fraction of sp³-hybridized carbons (Fsp3) is 0.353. The number of hydrogen-bond acceptors (Lipinski definition) is 5. The molecule has 0 saturated carbocycles. The largest absolute Gasteiger partial charge is 0.416 e. The highest BCUT2D eigenvalue weighted by molar-refractivity contribution is 6.30. The molecule has 0 spiro atoms. The summed E-state index contributed by atoms with van der Waals surface area (Å²) in [4.78, 5) is 16.8. The third-order valence-electron chi connectivity index (χ3n) is 4.18. The number of aliphatic hydroxyl groups is 2. The van der Waals surface area contributed by atoms with Crippen molar-refractivity contribution in [3.63, 3.8) is 0 Å². The van der Waals surface area contributed by atoms with Crippen LogP contribution in [0, 0.1) is 0 Å². The predicted octanol–water partition coefficient (Wildman–Crippen LogP) is 2.11. The van der Waals surface area contributed by atoms with Gasteiger partial charge in [-0.15, -0.1) is 0 Å². The molecule has 0 radical (unpaired) electrons. The Labute approximate surface area is 167 Å². The molecule has 156 valence electrons. The van der Waals surface area contributed by atoms with Gasteiger partial charge in [-0.05, 0) is 24.6 Å². The van der Waals surface area contributed by atoms with E-state index in [1.54, 1.807) is 12.1 Å². The smallest absolute Gasteiger partial charge is 0.385 e. The average molecular weight is 432 g/mol. The quantitative estimate of drug-likeness (QED) is 0.554. The summed E-state index contributed by atoms with van der Waals surface area (Å²) in [5.41, 5.74) is -0.165. The maximum Gasteiger partial charge on any atom is 0.416 e. The Balaban J connectivity index is 2.02. The van der Waals surface area contributed by atoms with Crippen LogP contribution in [0.2, 0.25) is 5.02 Å². The normalized spacial score (nSPS) is 14.2. The van der Waals surface area contributed by atoms with E-state index >= 15 is 0 Å². The van der Waals surface area contributed by atoms with E-state index < -0.39 is 30.6 Å². The van der Waals surface area contributed by atoms with Crippen molar-refractivity contribution in [2.24, 2.45) is 0 Å². The summed E-state index contributed by atoms with van der Waals surface area (Å²) in [6, 6.07) is 6.17. The Hall–Kier alpha value is -2.63. The van der Waals surface area contributed by atoms with Gasteiger partial charge in [-0.1, -0.05) is 23.7 Å². The van der Waals surface area contributed by atoms with E-state index in [4.69, 9.17) is 11.6 Å². The number of alkyl halides is 3. The number of nitrogens with one attached hydrogen (secondary N) is 1. The molecule has 0 bridgehead atoms. The van der Waals surface area contributed by atoms with E-state index in [9.17, 15) is 28.2 Å². The van der Waals surface area contributed by atoms with Gasteiger partial charge < -0.3 is 10.2 Å². The first-order valence-electron chi connectivity index (χ1n) is 8.46. The average Bonchev–Trinajstić information content (AvgIpc) is 3.22. The Bertz CT molecular complexity index is 1040. The first-order valence-corrected chi connectivity index (χ1v) is 8.84. The van der Waals surface area contributed by atoms with E-state index in [0.29, 0.717) is 10.6 Å². The molecule has 0 aliphatic heterocycles. The van der Waals surface area contributed by atoms with Gasteiger partial charge in [0, 0.05) is 11.2 Å². The van der Waals surface area contributed by atoms with Crippen molar-refractivity contribution in [2.75, 3.05) is 0 Å². The maximum absolute atomic E-state index is 12.8. The molecule has 3 N–H and O–H groups in total. The lowest BCUT2D eigenvalue weighted by atomic mass is 10.1. The van der Waals surface area contributed by atoms with Crippen molar-refractivity contribution < 1.29 is 23.4 Å². The molecule has 2 atom stereocenters. The topological polar surface area (TPSA) is 109 Å². The van der Waals surface area contributed by atoms with Crippen LogP contribution in [0.5, 0.6) is 0 Å². The van der Waals surface area contributed by atoms with Crippen molar-refractivity contribution in [3.05, 3.63) is 57.6 Å². The monoisotopic (exact) mass is 431 g/mol. The number of hydrogen-bond donors (Lipinski definition) is 3. The number of aliphatic hydroxyl groups excluding tert-OH is 2. The Kier molecular flexibility index (Phi) is 5.82. The summed E-state index contributed by atoms with van der Waals surface area (Å²) < 4.78 is 40.5. The van der Waals surface area contributed by atoms with Gasteiger partial charge in [0.25, 0.3) is 0 Å². The first-order chi connectivity index (χ1) is 13.6. The fourth-order valence-corrected chi connectivity index (χ4v) is 2.79. The molecule has 0 amide bonds. The number of H-pyrrole nitrogens is 1. The highest BCUT2D eigenvalue weighted by atomic mass is 35.5. The van der Waals surface area contributed by atoms with Crippen LogP contribution in [0.3, 0.4) is 0 Å². The number of aromatic amines is 1. The zero-order valence-corrected chi connectivity index (χ0v) is 15.8. The number of rotatable bonds is 6. The second kappa shape index (κ2) is 8.01. The number of nitrogens with zero attached hydrogens (tertiary/aromatic N) is 4. The Morgan fingerprint density at radius 3 is 2.45 bits per heavy atom. The molecule has 0 fully saturated rings. The number of halogens is 4. The fourth-order valence-electron chi connectivity index (χ4n) is 2.67. The van der Waals surface area contributed by atoms with Crippen LogP contribution in [0.1, 0.15) is 24.7 Å². The Morgan fingerprint density at radius 1 is 1.24 bits per heavy atom. The van der Waals surface area contributed by atoms with Gasteiger partial charge in [-0.25, -0.2) is 9.78 Å². The molecule has 1 unspecified atom stereocenters. The van der Waals surface area contributed by atoms with E-state index in [1.807, 2.05) is 0 Å². The second-order valence-corrected chi connectivity index (χ2v) is 6.85. The summed E-state index contributed by atoms with van der Waals surface area (Å²) in [7, 11) is 0. The van der Waals surface area contributed by atoms with Gasteiger partial charge in [0.2, 0.25) is 0 Å². The zero-order chi connectivity index (χ0) is 21.3. The lowest BCUT2D eigenvalue weighted by molar-refractivity contribution is -0.207. The standard InChI is InChI=1S/C17H17ClF3N5O3/c1-9(27)15-22-14(23-24-15)8-25-6-12(10-2-4-11(18)5-3-10)26(16(25)29)7-13(28)17(19,20)21/h2-6,9,13,27-28H,7-8H2,1H3,(H,22,23,24)/t9-,13?/m0/s1. The highest BCUT2D eigenvalue weighted by Crippen LogP contribution is 2.25. The molecule has 1 aromatic carbocycles. The zero-order valence-electron chi connectivity index (χ0n) is 15.1. The van der Waals surface area contributed by atoms with Crippen molar-refractivity contribution in [2.45, 2.75) is 38.4 Å². The second-order valence-electron chi connectivity index (χ2n) is 6.41. The number of aromatic nitrogens is 5. The van der Waals surface area contributed by atoms with E-state index in [2.05, 4.69) is 15.2 Å². The maximum atomic E-state index is 12.8. The van der Waals surface area contributed by atoms with E-state index in [-0.39, 0.29) is 23.9 Å². The minimum Gasteiger partial charge on any atom is -0.385 e. The summed E-state index contributed by atoms with van der Waals surface area (Å²) in [6.07, 6.45) is -7.14. The summed E-state index contributed by atoms with van der Waals surface area (Å²) in [5, 5.41) is 25.8. The minimum absolute atomic E-state index is 0.141. The lowest BCUT2D eigenvalue weighted by Crippen LogP contribution is -2.37. The molecular formula is C17H17ClF3N5O3. The molecule has 0 aliphatic carbocycles. The van der Waals surface area contributed by atoms with Gasteiger partial charge in [0.15, 0.2) is 17.8 Å². The van der Waals surface area contributed by atoms with Gasteiger partial charge in [-0.2, -0.15) is 18.3 Å². The van der Waals surface area contributed by atoms with Crippen LogP contribution in [-0.2, 0) is 13.1 Å². The van der Waals surface area contributed by atoms with Crippen molar-refractivity contribution >= 4 is 11.6 Å². The SMILES string of the molecule is C[C@H](O)c1nc(Cn2cc(-c3ccc(Cl)cc3)n(CC(O)C(F)(F)F)c2=O)n[nH]1. The van der Waals surface area contributed by atoms with Gasteiger partial charge in [0.05, 0.1) is 18.8 Å². The highest BCUT2D eigenvalue weighted by Gasteiger charge is 2.39. The molecule has 29 heavy (non-hydrogen) atoms. The summed E-state index contributed by atoms with van der Waals surface area (Å²) in [5.74, 6) is 0.358. The number of imidazole rings is 1. The van der Waals surface area contributed by atoms with Crippen molar-refractivity contribution in [3.8, 4) is 11.3 Å². The molecule has 12 heteroatoms. The van der Waals surface area contributed by atoms with Crippen LogP contribution in [0.15, 0.2) is 35.3 Å². The van der Waals surface area contributed by atoms with Gasteiger partial charge >= 0.3 is 11.9 Å². The predicted molar refractivity (Wildman–Crippen MR) is 97.3 cm³/mol. The third-order valence-corrected chi connectivity index (χ3v) is 4.43. The molecule has 2 heterocycles. The van der Waals surface area contributed by atoms with Crippen LogP contribution < -0.4 is 5.69 Å². The first kappa shape index (κ1) is 21.1. The third kappa shape index (κ3) is 4.69. The van der Waals surface area contributed by atoms with Gasteiger partial charge in [0.1, 0.15) is 6.10 Å². The molecule has 3 rings (SSSR count). The molecular weight excluding hydrogens is 415 g/mol. The lowest BCUT2D eigenvalue weighted by Gasteiger charge is -2.16. The van der Waals surface area contributed by atoms with Crippen LogP contribution in [-0.4, -0.2) is 46.8 Å². The van der Waals surface area contributed by atoms with E-state index in [0.717, 1.165) is 9.13 Å². The van der Waals surface area contributed by atoms with Crippen molar-refractivity contribution in [1.29, 1.82) is 0 Å².